The number of carbonyl (C=O) groups excluding carboxylic acids is 1. The Morgan fingerprint density at radius 2 is 1.60 bits per heavy atom. The van der Waals surface area contributed by atoms with Crippen molar-refractivity contribution in [1.29, 1.82) is 0 Å². The molecule has 0 fully saturated rings. The van der Waals surface area contributed by atoms with E-state index < -0.39 is 5.92 Å². The molecule has 0 spiro atoms. The largest absolute Gasteiger partial charge is 0.385 e. The quantitative estimate of drug-likeness (QED) is 0.257. The molecule has 0 aliphatic heterocycles. The van der Waals surface area contributed by atoms with E-state index >= 15 is 0 Å². The number of hydrogen-bond donors (Lipinski definition) is 0. The zero-order valence-corrected chi connectivity index (χ0v) is 20.0. The molecule has 0 unspecified atom stereocenters. The standard InChI is InChI=1S/C30H31FN2O2/c1-35-20-10-19-33(23-28-17-9-18-32(28)22-24-11-8-16-27(31)21-24)30(34)29(25-12-4-2-5-13-25)26-14-6-3-7-15-26/h2-9,11-18,21,29H,10,19-20,22-23H2,1H3. The number of nitrogens with zero attached hydrogens (tertiary/aromatic N) is 2. The van der Waals surface area contributed by atoms with E-state index in [1.165, 1.54) is 6.07 Å². The maximum absolute atomic E-state index is 14.1. The van der Waals surface area contributed by atoms with E-state index in [-0.39, 0.29) is 11.7 Å². The molecule has 1 amide bonds. The third kappa shape index (κ3) is 6.46. The van der Waals surface area contributed by atoms with E-state index in [1.807, 2.05) is 90.0 Å². The van der Waals surface area contributed by atoms with Crippen molar-refractivity contribution >= 4 is 5.91 Å². The van der Waals surface area contributed by atoms with Crippen molar-refractivity contribution in [1.82, 2.24) is 9.47 Å². The van der Waals surface area contributed by atoms with Crippen LogP contribution in [0.4, 0.5) is 4.39 Å². The van der Waals surface area contributed by atoms with Gasteiger partial charge in [0.2, 0.25) is 5.91 Å². The summed E-state index contributed by atoms with van der Waals surface area (Å²) in [6.07, 6.45) is 2.72. The first-order chi connectivity index (χ1) is 17.2. The summed E-state index contributed by atoms with van der Waals surface area (Å²) >= 11 is 0. The Morgan fingerprint density at radius 1 is 0.914 bits per heavy atom. The molecule has 0 saturated carbocycles. The van der Waals surface area contributed by atoms with E-state index in [0.29, 0.717) is 26.2 Å². The molecule has 180 valence electrons. The fraction of sp³-hybridized carbons (Fsp3) is 0.233. The van der Waals surface area contributed by atoms with E-state index in [0.717, 1.165) is 28.8 Å². The van der Waals surface area contributed by atoms with E-state index in [2.05, 4.69) is 4.57 Å². The summed E-state index contributed by atoms with van der Waals surface area (Å²) < 4.78 is 21.1. The molecule has 1 heterocycles. The minimum absolute atomic E-state index is 0.0528. The van der Waals surface area contributed by atoms with Crippen molar-refractivity contribution in [3.05, 3.63) is 131 Å². The van der Waals surface area contributed by atoms with Crippen LogP contribution in [0.25, 0.3) is 0 Å². The smallest absolute Gasteiger partial charge is 0.234 e. The van der Waals surface area contributed by atoms with E-state index in [4.69, 9.17) is 4.74 Å². The Hall–Kier alpha value is -3.70. The molecule has 35 heavy (non-hydrogen) atoms. The number of hydrogen-bond acceptors (Lipinski definition) is 2. The zero-order chi connectivity index (χ0) is 24.5. The second-order valence-corrected chi connectivity index (χ2v) is 8.62. The zero-order valence-electron chi connectivity index (χ0n) is 20.0. The summed E-state index contributed by atoms with van der Waals surface area (Å²) in [6.45, 7) is 2.16. The molecule has 0 bridgehead atoms. The van der Waals surface area contributed by atoms with Gasteiger partial charge in [-0.25, -0.2) is 4.39 Å². The molecule has 4 aromatic rings. The number of rotatable bonds is 11. The number of methoxy groups -OCH3 is 1. The summed E-state index contributed by atoms with van der Waals surface area (Å²) in [7, 11) is 1.67. The Labute approximate surface area is 206 Å². The average Bonchev–Trinajstić information content (AvgIpc) is 3.31. The van der Waals surface area contributed by atoms with Crippen LogP contribution in [0.2, 0.25) is 0 Å². The summed E-state index contributed by atoms with van der Waals surface area (Å²) in [5.41, 5.74) is 3.82. The Bertz CT molecular complexity index is 1170. The molecule has 4 rings (SSSR count). The lowest BCUT2D eigenvalue weighted by Crippen LogP contribution is -2.37. The van der Waals surface area contributed by atoms with Crippen LogP contribution in [0.1, 0.15) is 34.7 Å². The van der Waals surface area contributed by atoms with Gasteiger partial charge >= 0.3 is 0 Å². The van der Waals surface area contributed by atoms with Crippen LogP contribution >= 0.6 is 0 Å². The van der Waals surface area contributed by atoms with Gasteiger partial charge in [0.1, 0.15) is 5.82 Å². The van der Waals surface area contributed by atoms with Crippen LogP contribution in [0.3, 0.4) is 0 Å². The Morgan fingerprint density at radius 3 is 2.23 bits per heavy atom. The van der Waals surface area contributed by atoms with Crippen molar-refractivity contribution in [2.75, 3.05) is 20.3 Å². The summed E-state index contributed by atoms with van der Waals surface area (Å²) in [5.74, 6) is -0.593. The predicted octanol–water partition coefficient (Wildman–Crippen LogP) is 5.87. The highest BCUT2D eigenvalue weighted by Crippen LogP contribution is 2.28. The first-order valence-electron chi connectivity index (χ1n) is 11.9. The predicted molar refractivity (Wildman–Crippen MR) is 137 cm³/mol. The van der Waals surface area contributed by atoms with Gasteiger partial charge in [0.05, 0.1) is 12.5 Å². The third-order valence-corrected chi connectivity index (χ3v) is 6.12. The molecule has 5 heteroatoms. The van der Waals surface area contributed by atoms with Gasteiger partial charge < -0.3 is 14.2 Å². The highest BCUT2D eigenvalue weighted by molar-refractivity contribution is 5.87. The minimum atomic E-state index is -0.397. The lowest BCUT2D eigenvalue weighted by atomic mass is 9.90. The molecule has 0 saturated heterocycles. The first kappa shape index (κ1) is 24.4. The highest BCUT2D eigenvalue weighted by atomic mass is 19.1. The van der Waals surface area contributed by atoms with Crippen molar-refractivity contribution in [2.45, 2.75) is 25.4 Å². The highest BCUT2D eigenvalue weighted by Gasteiger charge is 2.28. The Kier molecular flexibility index (Phi) is 8.47. The molecule has 0 atom stereocenters. The van der Waals surface area contributed by atoms with Gasteiger partial charge in [-0.05, 0) is 47.4 Å². The van der Waals surface area contributed by atoms with Crippen molar-refractivity contribution in [2.24, 2.45) is 0 Å². The molecule has 3 aromatic carbocycles. The normalized spacial score (nSPS) is 11.1. The number of halogens is 1. The monoisotopic (exact) mass is 470 g/mol. The number of carbonyl (C=O) groups is 1. The van der Waals surface area contributed by atoms with E-state index in [1.54, 1.807) is 19.2 Å². The van der Waals surface area contributed by atoms with Gasteiger partial charge in [-0.2, -0.15) is 0 Å². The van der Waals surface area contributed by atoms with Crippen molar-refractivity contribution in [3.63, 3.8) is 0 Å². The van der Waals surface area contributed by atoms with Gasteiger partial charge in [0.25, 0.3) is 0 Å². The molecular formula is C30H31FN2O2. The molecule has 0 aliphatic carbocycles. The van der Waals surface area contributed by atoms with Gasteiger partial charge in [-0.1, -0.05) is 72.8 Å². The van der Waals surface area contributed by atoms with Crippen LogP contribution in [-0.4, -0.2) is 35.6 Å². The van der Waals surface area contributed by atoms with Crippen LogP contribution in [0.15, 0.2) is 103 Å². The van der Waals surface area contributed by atoms with Gasteiger partial charge in [-0.15, -0.1) is 0 Å². The lowest BCUT2D eigenvalue weighted by Gasteiger charge is -2.29. The molecule has 0 radical (unpaired) electrons. The van der Waals surface area contributed by atoms with Crippen LogP contribution in [0.5, 0.6) is 0 Å². The van der Waals surface area contributed by atoms with Gasteiger partial charge in [-0.3, -0.25) is 4.79 Å². The summed E-state index contributed by atoms with van der Waals surface area (Å²) in [4.78, 5) is 16.0. The SMILES string of the molecule is COCCCN(Cc1cccn1Cc1cccc(F)c1)C(=O)C(c1ccccc1)c1ccccc1. The number of amides is 1. The fourth-order valence-corrected chi connectivity index (χ4v) is 4.39. The topological polar surface area (TPSA) is 34.5 Å². The average molecular weight is 471 g/mol. The van der Waals surface area contributed by atoms with Crippen LogP contribution in [0, 0.1) is 5.82 Å². The molecule has 0 N–H and O–H groups in total. The Balaban J connectivity index is 1.63. The van der Waals surface area contributed by atoms with Crippen molar-refractivity contribution in [3.8, 4) is 0 Å². The third-order valence-electron chi connectivity index (χ3n) is 6.12. The number of benzene rings is 3. The fourth-order valence-electron chi connectivity index (χ4n) is 4.39. The second kappa shape index (κ2) is 12.1. The summed E-state index contributed by atoms with van der Waals surface area (Å²) in [6, 6.07) is 30.5. The number of aromatic nitrogens is 1. The van der Waals surface area contributed by atoms with Crippen LogP contribution < -0.4 is 0 Å². The minimum Gasteiger partial charge on any atom is -0.385 e. The van der Waals surface area contributed by atoms with Crippen molar-refractivity contribution < 1.29 is 13.9 Å². The van der Waals surface area contributed by atoms with Gasteiger partial charge in [0.15, 0.2) is 0 Å². The second-order valence-electron chi connectivity index (χ2n) is 8.62. The number of ether oxygens (including phenoxy) is 1. The summed E-state index contributed by atoms with van der Waals surface area (Å²) in [5, 5.41) is 0. The first-order valence-corrected chi connectivity index (χ1v) is 11.9. The lowest BCUT2D eigenvalue weighted by molar-refractivity contribution is -0.132. The van der Waals surface area contributed by atoms with Crippen LogP contribution in [-0.2, 0) is 22.6 Å². The molecule has 4 nitrogen and oxygen atoms in total. The molecule has 0 aliphatic rings. The maximum atomic E-state index is 14.1. The van der Waals surface area contributed by atoms with E-state index in [9.17, 15) is 9.18 Å². The molecular weight excluding hydrogens is 439 g/mol. The van der Waals surface area contributed by atoms with Gasteiger partial charge in [0, 0.05) is 38.7 Å². The molecule has 1 aromatic heterocycles. The maximum Gasteiger partial charge on any atom is 0.234 e.